The van der Waals surface area contributed by atoms with Crippen molar-refractivity contribution in [3.8, 4) is 0 Å². The second-order valence-corrected chi connectivity index (χ2v) is 9.33. The van der Waals surface area contributed by atoms with E-state index in [0.717, 1.165) is 11.6 Å². The van der Waals surface area contributed by atoms with E-state index < -0.39 is 27.9 Å². The molecule has 0 heterocycles. The van der Waals surface area contributed by atoms with E-state index in [1.54, 1.807) is 6.08 Å². The molecular formula is C14H10Cl2O4S2. The first-order valence-corrected chi connectivity index (χ1v) is 10.6. The van der Waals surface area contributed by atoms with Crippen molar-refractivity contribution in [2.45, 2.75) is 9.79 Å². The number of hydrogen-bond donors (Lipinski definition) is 0. The summed E-state index contributed by atoms with van der Waals surface area (Å²) in [5.74, 6) is 0. The van der Waals surface area contributed by atoms with Gasteiger partial charge in [0, 0.05) is 21.4 Å². The highest BCUT2D eigenvalue weighted by atomic mass is 35.7. The largest absolute Gasteiger partial charge is 0.263 e. The Balaban J connectivity index is 2.65. The first-order chi connectivity index (χ1) is 10.2. The van der Waals surface area contributed by atoms with Crippen LogP contribution in [-0.2, 0) is 18.1 Å². The number of hydrogen-bond acceptors (Lipinski definition) is 4. The van der Waals surface area contributed by atoms with Crippen molar-refractivity contribution in [3.63, 3.8) is 0 Å². The van der Waals surface area contributed by atoms with E-state index >= 15 is 0 Å². The Labute approximate surface area is 137 Å². The molecule has 0 saturated carbocycles. The number of rotatable bonds is 4. The molecule has 0 aliphatic carbocycles. The molecule has 0 bridgehead atoms. The number of benzene rings is 2. The van der Waals surface area contributed by atoms with E-state index in [4.69, 9.17) is 21.4 Å². The van der Waals surface area contributed by atoms with Crippen LogP contribution in [0.5, 0.6) is 0 Å². The zero-order valence-corrected chi connectivity index (χ0v) is 14.1. The molecule has 4 nitrogen and oxygen atoms in total. The molecule has 0 aliphatic heterocycles. The molecule has 0 atom stereocenters. The van der Waals surface area contributed by atoms with Gasteiger partial charge in [-0.05, 0) is 17.2 Å². The molecule has 8 heteroatoms. The second kappa shape index (κ2) is 6.42. The molecule has 0 aliphatic rings. The summed E-state index contributed by atoms with van der Waals surface area (Å²) in [5.41, 5.74) is 0.958. The predicted octanol–water partition coefficient (Wildman–Crippen LogP) is 3.71. The Morgan fingerprint density at radius 3 is 1.91 bits per heavy atom. The van der Waals surface area contributed by atoms with E-state index in [9.17, 15) is 16.8 Å². The molecule has 2 rings (SSSR count). The quantitative estimate of drug-likeness (QED) is 0.602. The normalized spacial score (nSPS) is 12.6. The Hall–Kier alpha value is -1.34. The van der Waals surface area contributed by atoms with Crippen LogP contribution in [0.1, 0.15) is 11.1 Å². The van der Waals surface area contributed by atoms with Crippen LogP contribution in [0.4, 0.5) is 0 Å². The Bertz CT molecular complexity index is 919. The minimum Gasteiger partial charge on any atom is -0.207 e. The zero-order valence-electron chi connectivity index (χ0n) is 11.0. The van der Waals surface area contributed by atoms with Crippen molar-refractivity contribution < 1.29 is 16.8 Å². The average Bonchev–Trinajstić information content (AvgIpc) is 2.44. The summed E-state index contributed by atoms with van der Waals surface area (Å²) in [4.78, 5) is -1.07. The maximum absolute atomic E-state index is 11.7. The Morgan fingerprint density at radius 2 is 1.36 bits per heavy atom. The summed E-state index contributed by atoms with van der Waals surface area (Å²) in [7, 11) is 2.11. The van der Waals surface area contributed by atoms with Gasteiger partial charge >= 0.3 is 0 Å². The maximum Gasteiger partial charge on any atom is 0.263 e. The smallest absolute Gasteiger partial charge is 0.207 e. The molecular weight excluding hydrogens is 367 g/mol. The molecule has 22 heavy (non-hydrogen) atoms. The fourth-order valence-electron chi connectivity index (χ4n) is 1.87. The Kier molecular flexibility index (Phi) is 4.97. The topological polar surface area (TPSA) is 68.3 Å². The van der Waals surface area contributed by atoms with E-state index in [1.807, 2.05) is 30.3 Å². The summed E-state index contributed by atoms with van der Waals surface area (Å²) >= 11 is 0. The van der Waals surface area contributed by atoms with Crippen LogP contribution in [0, 0.1) is 0 Å². The number of halogens is 2. The van der Waals surface area contributed by atoms with Gasteiger partial charge in [-0.2, -0.15) is 0 Å². The van der Waals surface area contributed by atoms with Gasteiger partial charge in [-0.3, -0.25) is 0 Å². The fourth-order valence-corrected chi connectivity index (χ4v) is 5.01. The monoisotopic (exact) mass is 376 g/mol. The van der Waals surface area contributed by atoms with Crippen molar-refractivity contribution in [1.29, 1.82) is 0 Å². The molecule has 0 N–H and O–H groups in total. The van der Waals surface area contributed by atoms with Crippen molar-refractivity contribution in [2.75, 3.05) is 0 Å². The molecule has 0 spiro atoms. The lowest BCUT2D eigenvalue weighted by atomic mass is 10.1. The average molecular weight is 377 g/mol. The third-order valence-electron chi connectivity index (χ3n) is 2.77. The minimum atomic E-state index is -4.29. The standard InChI is InChI=1S/C14H10Cl2O4S2/c15-21(17,18)13-8-4-7-12(14(13)22(16,19)20)10-9-11-5-2-1-3-6-11/h1-10H. The summed E-state index contributed by atoms with van der Waals surface area (Å²) in [6.45, 7) is 0. The fraction of sp³-hybridized carbons (Fsp3) is 0. The highest BCUT2D eigenvalue weighted by Gasteiger charge is 2.26. The molecule has 0 unspecified atom stereocenters. The Morgan fingerprint density at radius 1 is 0.727 bits per heavy atom. The lowest BCUT2D eigenvalue weighted by Crippen LogP contribution is -2.03. The van der Waals surface area contributed by atoms with Gasteiger partial charge in [0.05, 0.1) is 0 Å². The van der Waals surface area contributed by atoms with Crippen LogP contribution in [-0.4, -0.2) is 16.8 Å². The van der Waals surface area contributed by atoms with Crippen molar-refractivity contribution in [1.82, 2.24) is 0 Å². The first-order valence-electron chi connectivity index (χ1n) is 5.95. The van der Waals surface area contributed by atoms with Crippen LogP contribution in [0.2, 0.25) is 0 Å². The van der Waals surface area contributed by atoms with Gasteiger partial charge in [-0.1, -0.05) is 54.6 Å². The van der Waals surface area contributed by atoms with Gasteiger partial charge in [0.2, 0.25) is 0 Å². The van der Waals surface area contributed by atoms with Crippen LogP contribution < -0.4 is 0 Å². The third-order valence-corrected chi connectivity index (χ3v) is 5.67. The van der Waals surface area contributed by atoms with Crippen LogP contribution in [0.3, 0.4) is 0 Å². The summed E-state index contributed by atoms with van der Waals surface area (Å²) in [6.07, 6.45) is 3.11. The lowest BCUT2D eigenvalue weighted by Gasteiger charge is -2.07. The highest BCUT2D eigenvalue weighted by Crippen LogP contribution is 2.31. The highest BCUT2D eigenvalue weighted by molar-refractivity contribution is 8.16. The molecule has 2 aromatic carbocycles. The van der Waals surface area contributed by atoms with Gasteiger partial charge in [0.1, 0.15) is 9.79 Å². The SMILES string of the molecule is O=S(=O)(Cl)c1cccc(C=Cc2ccccc2)c1S(=O)(=O)Cl. The minimum absolute atomic E-state index is 0.139. The first kappa shape index (κ1) is 17.0. The van der Waals surface area contributed by atoms with Crippen LogP contribution in [0.25, 0.3) is 12.2 Å². The molecule has 116 valence electrons. The second-order valence-electron chi connectivity index (χ2n) is 4.29. The molecule has 0 radical (unpaired) electrons. The summed E-state index contributed by atoms with van der Waals surface area (Å²) in [6, 6.07) is 13.0. The van der Waals surface area contributed by atoms with Gasteiger partial charge < -0.3 is 0 Å². The van der Waals surface area contributed by atoms with Gasteiger partial charge in [-0.25, -0.2) is 16.8 Å². The van der Waals surface area contributed by atoms with E-state index in [1.165, 1.54) is 18.2 Å². The van der Waals surface area contributed by atoms with Gasteiger partial charge in [0.15, 0.2) is 0 Å². The molecule has 0 fully saturated rings. The van der Waals surface area contributed by atoms with Gasteiger partial charge in [-0.15, -0.1) is 0 Å². The van der Waals surface area contributed by atoms with E-state index in [2.05, 4.69) is 0 Å². The van der Waals surface area contributed by atoms with E-state index in [-0.39, 0.29) is 5.56 Å². The molecule has 0 saturated heterocycles. The summed E-state index contributed by atoms with van der Waals surface area (Å²) in [5, 5.41) is 0. The molecule has 0 amide bonds. The van der Waals surface area contributed by atoms with Crippen molar-refractivity contribution >= 4 is 51.6 Å². The van der Waals surface area contributed by atoms with Crippen LogP contribution >= 0.6 is 21.4 Å². The lowest BCUT2D eigenvalue weighted by molar-refractivity contribution is 0.597. The molecule has 0 aromatic heterocycles. The zero-order chi connectivity index (χ0) is 16.4. The van der Waals surface area contributed by atoms with Gasteiger partial charge in [0.25, 0.3) is 18.1 Å². The maximum atomic E-state index is 11.7. The molecule has 2 aromatic rings. The van der Waals surface area contributed by atoms with Crippen molar-refractivity contribution in [2.24, 2.45) is 0 Å². The van der Waals surface area contributed by atoms with Crippen molar-refractivity contribution in [3.05, 3.63) is 59.7 Å². The summed E-state index contributed by atoms with van der Waals surface area (Å²) < 4.78 is 46.6. The third kappa shape index (κ3) is 4.10. The predicted molar refractivity (Wildman–Crippen MR) is 87.9 cm³/mol. The van der Waals surface area contributed by atoms with E-state index in [0.29, 0.717) is 0 Å². The van der Waals surface area contributed by atoms with Crippen LogP contribution in [0.15, 0.2) is 58.3 Å².